The van der Waals surface area contributed by atoms with Gasteiger partial charge in [-0.15, -0.1) is 22.7 Å². The molecule has 0 aliphatic carbocycles. The van der Waals surface area contributed by atoms with E-state index < -0.39 is 0 Å². The molecule has 4 nitrogen and oxygen atoms in total. The Morgan fingerprint density at radius 1 is 1.32 bits per heavy atom. The van der Waals surface area contributed by atoms with Crippen LogP contribution >= 0.6 is 45.9 Å². The Labute approximate surface area is 126 Å². The monoisotopic (exact) mass is 329 g/mol. The molecule has 3 aromatic heterocycles. The van der Waals surface area contributed by atoms with Crippen molar-refractivity contribution in [3.05, 3.63) is 38.1 Å². The van der Waals surface area contributed by atoms with Crippen LogP contribution in [0.4, 0.5) is 5.82 Å². The molecule has 0 spiro atoms. The molecule has 0 unspecified atom stereocenters. The second kappa shape index (κ2) is 5.05. The number of halogens is 2. The quantitative estimate of drug-likeness (QED) is 0.762. The van der Waals surface area contributed by atoms with Gasteiger partial charge in [-0.25, -0.2) is 9.97 Å². The van der Waals surface area contributed by atoms with Crippen molar-refractivity contribution in [2.75, 3.05) is 5.32 Å². The van der Waals surface area contributed by atoms with E-state index in [4.69, 9.17) is 23.2 Å². The van der Waals surface area contributed by atoms with Gasteiger partial charge < -0.3 is 5.32 Å². The number of aromatic nitrogens is 2. The topological polar surface area (TPSA) is 54.9 Å². The summed E-state index contributed by atoms with van der Waals surface area (Å²) in [5.41, 5.74) is 0.346. The number of carbonyl (C=O) groups excluding carboxylic acids is 1. The number of amides is 1. The molecule has 0 atom stereocenters. The maximum atomic E-state index is 12.1. The number of hydrogen-bond acceptors (Lipinski definition) is 5. The predicted octanol–water partition coefficient (Wildman–Crippen LogP) is 4.31. The van der Waals surface area contributed by atoms with Crippen molar-refractivity contribution in [3.63, 3.8) is 0 Å². The maximum Gasteiger partial charge on any atom is 0.259 e. The lowest BCUT2D eigenvalue weighted by Crippen LogP contribution is -2.12. The van der Waals surface area contributed by atoms with Crippen molar-refractivity contribution >= 4 is 67.8 Å². The van der Waals surface area contributed by atoms with Crippen molar-refractivity contribution in [1.82, 2.24) is 9.97 Å². The van der Waals surface area contributed by atoms with Gasteiger partial charge in [-0.3, -0.25) is 4.79 Å². The van der Waals surface area contributed by atoms with E-state index in [0.29, 0.717) is 20.1 Å². The van der Waals surface area contributed by atoms with Gasteiger partial charge in [-0.2, -0.15) is 0 Å². The normalized spacial score (nSPS) is 10.8. The molecule has 1 N–H and O–H groups in total. The van der Waals surface area contributed by atoms with E-state index >= 15 is 0 Å². The lowest BCUT2D eigenvalue weighted by Gasteiger charge is -2.04. The van der Waals surface area contributed by atoms with E-state index in [1.54, 1.807) is 0 Å². The van der Waals surface area contributed by atoms with E-state index in [1.165, 1.54) is 23.7 Å². The smallest absolute Gasteiger partial charge is 0.259 e. The molecule has 0 bridgehead atoms. The first kappa shape index (κ1) is 12.8. The van der Waals surface area contributed by atoms with Crippen molar-refractivity contribution in [2.45, 2.75) is 0 Å². The van der Waals surface area contributed by atoms with E-state index in [-0.39, 0.29) is 5.91 Å². The Hall–Kier alpha value is -1.21. The van der Waals surface area contributed by atoms with E-state index in [9.17, 15) is 4.79 Å². The zero-order chi connectivity index (χ0) is 13.4. The minimum atomic E-state index is -0.334. The molecule has 0 fully saturated rings. The summed E-state index contributed by atoms with van der Waals surface area (Å²) >= 11 is 14.4. The van der Waals surface area contributed by atoms with Crippen LogP contribution in [-0.2, 0) is 0 Å². The number of carbonyl (C=O) groups is 1. The number of hydrogen-bond donors (Lipinski definition) is 1. The maximum absolute atomic E-state index is 12.1. The van der Waals surface area contributed by atoms with Gasteiger partial charge in [0.1, 0.15) is 21.3 Å². The minimum absolute atomic E-state index is 0.334. The third-order valence-corrected chi connectivity index (χ3v) is 4.70. The van der Waals surface area contributed by atoms with Crippen LogP contribution < -0.4 is 5.32 Å². The lowest BCUT2D eigenvalue weighted by molar-refractivity contribution is 0.102. The van der Waals surface area contributed by atoms with Crippen LogP contribution in [0.5, 0.6) is 0 Å². The van der Waals surface area contributed by atoms with Gasteiger partial charge >= 0.3 is 0 Å². The number of fused-ring (bicyclic) bond motifs is 1. The first-order valence-corrected chi connectivity index (χ1v) is 7.55. The van der Waals surface area contributed by atoms with Gasteiger partial charge in [0, 0.05) is 0 Å². The molecule has 0 aromatic carbocycles. The van der Waals surface area contributed by atoms with Crippen LogP contribution in [0, 0.1) is 0 Å². The van der Waals surface area contributed by atoms with Crippen LogP contribution in [0.2, 0.25) is 8.67 Å². The second-order valence-electron chi connectivity index (χ2n) is 3.55. The summed E-state index contributed by atoms with van der Waals surface area (Å²) in [7, 11) is 0. The summed E-state index contributed by atoms with van der Waals surface area (Å²) in [5, 5.41) is 5.42. The van der Waals surface area contributed by atoms with Crippen molar-refractivity contribution in [1.29, 1.82) is 0 Å². The van der Waals surface area contributed by atoms with Crippen LogP contribution in [0.1, 0.15) is 10.4 Å². The van der Waals surface area contributed by atoms with Crippen LogP contribution in [-0.4, -0.2) is 15.9 Å². The summed E-state index contributed by atoms with van der Waals surface area (Å²) in [6, 6.07) is 3.40. The molecule has 0 aliphatic rings. The molecule has 0 aliphatic heterocycles. The van der Waals surface area contributed by atoms with Crippen molar-refractivity contribution in [3.8, 4) is 0 Å². The SMILES string of the molecule is O=C(Nc1ncnc2sccc12)c1cc(Cl)sc1Cl. The Kier molecular flexibility index (Phi) is 3.40. The van der Waals surface area contributed by atoms with Gasteiger partial charge in [0.15, 0.2) is 0 Å². The Morgan fingerprint density at radius 2 is 2.16 bits per heavy atom. The second-order valence-corrected chi connectivity index (χ2v) is 6.73. The van der Waals surface area contributed by atoms with Gasteiger partial charge in [0.05, 0.1) is 15.3 Å². The van der Waals surface area contributed by atoms with Gasteiger partial charge in [0.25, 0.3) is 5.91 Å². The summed E-state index contributed by atoms with van der Waals surface area (Å²) < 4.78 is 0.830. The molecule has 1 amide bonds. The van der Waals surface area contributed by atoms with Gasteiger partial charge in [-0.1, -0.05) is 23.2 Å². The highest BCUT2D eigenvalue weighted by atomic mass is 35.5. The number of thiophene rings is 2. The molecule has 19 heavy (non-hydrogen) atoms. The van der Waals surface area contributed by atoms with E-state index in [0.717, 1.165) is 21.6 Å². The molecule has 0 saturated carbocycles. The molecule has 0 saturated heterocycles. The zero-order valence-electron chi connectivity index (χ0n) is 9.18. The van der Waals surface area contributed by atoms with Crippen molar-refractivity contribution in [2.24, 2.45) is 0 Å². The Morgan fingerprint density at radius 3 is 2.89 bits per heavy atom. The molecule has 3 aromatic rings. The highest BCUT2D eigenvalue weighted by molar-refractivity contribution is 7.20. The van der Waals surface area contributed by atoms with Crippen LogP contribution in [0.25, 0.3) is 10.2 Å². The molecule has 8 heteroatoms. The minimum Gasteiger partial charge on any atom is -0.306 e. The first-order valence-electron chi connectivity index (χ1n) is 5.09. The average molecular weight is 330 g/mol. The fourth-order valence-electron chi connectivity index (χ4n) is 1.56. The van der Waals surface area contributed by atoms with E-state index in [2.05, 4.69) is 15.3 Å². The molecule has 3 heterocycles. The summed E-state index contributed by atoms with van der Waals surface area (Å²) in [4.78, 5) is 21.1. The third kappa shape index (κ3) is 2.44. The summed E-state index contributed by atoms with van der Waals surface area (Å²) in [6.07, 6.45) is 1.41. The largest absolute Gasteiger partial charge is 0.306 e. The third-order valence-electron chi connectivity index (χ3n) is 2.39. The highest BCUT2D eigenvalue weighted by Crippen LogP contribution is 2.32. The lowest BCUT2D eigenvalue weighted by atomic mass is 10.3. The Bertz CT molecular complexity index is 768. The molecule has 3 rings (SSSR count). The predicted molar refractivity (Wildman–Crippen MR) is 79.7 cm³/mol. The highest BCUT2D eigenvalue weighted by Gasteiger charge is 2.16. The average Bonchev–Trinajstić information content (AvgIpc) is 2.96. The Balaban J connectivity index is 1.95. The summed E-state index contributed by atoms with van der Waals surface area (Å²) in [6.45, 7) is 0. The summed E-state index contributed by atoms with van der Waals surface area (Å²) in [5.74, 6) is 0.133. The molecule has 0 radical (unpaired) electrons. The van der Waals surface area contributed by atoms with Gasteiger partial charge in [0.2, 0.25) is 0 Å². The molecular formula is C11H5Cl2N3OS2. The number of rotatable bonds is 2. The molecule has 96 valence electrons. The van der Waals surface area contributed by atoms with Crippen molar-refractivity contribution < 1.29 is 4.79 Å². The first-order chi connectivity index (χ1) is 9.15. The van der Waals surface area contributed by atoms with Gasteiger partial charge in [-0.05, 0) is 17.5 Å². The van der Waals surface area contributed by atoms with E-state index in [1.807, 2.05) is 11.4 Å². The number of nitrogens with one attached hydrogen (secondary N) is 1. The number of anilines is 1. The molecular weight excluding hydrogens is 325 g/mol. The number of nitrogens with zero attached hydrogens (tertiary/aromatic N) is 2. The fraction of sp³-hybridized carbons (Fsp3) is 0. The fourth-order valence-corrected chi connectivity index (χ4v) is 3.75. The van der Waals surface area contributed by atoms with Crippen LogP contribution in [0.15, 0.2) is 23.8 Å². The zero-order valence-corrected chi connectivity index (χ0v) is 12.3. The van der Waals surface area contributed by atoms with Crippen LogP contribution in [0.3, 0.4) is 0 Å². The standard InChI is InChI=1S/C11H5Cl2N3OS2/c12-7-3-6(8(13)19-7)10(17)16-9-5-1-2-18-11(5)15-4-14-9/h1-4H,(H,14,15,16,17).